The Hall–Kier alpha value is -4.65. The molecule has 3 aromatic carbocycles. The average molecular weight is 617 g/mol. The number of anilines is 1. The second-order valence-corrected chi connectivity index (χ2v) is 12.1. The van der Waals surface area contributed by atoms with Crippen molar-refractivity contribution in [3.63, 3.8) is 0 Å². The summed E-state index contributed by atoms with van der Waals surface area (Å²) in [6.07, 6.45) is 1.35. The van der Waals surface area contributed by atoms with Gasteiger partial charge in [0.15, 0.2) is 5.78 Å². The number of amides is 2. The molecule has 12 heteroatoms. The van der Waals surface area contributed by atoms with Crippen LogP contribution in [0, 0.1) is 6.92 Å². The van der Waals surface area contributed by atoms with Crippen LogP contribution in [0.4, 0.5) is 5.69 Å². The second kappa shape index (κ2) is 13.3. The molecule has 0 saturated carbocycles. The lowest BCUT2D eigenvalue weighted by Gasteiger charge is -2.35. The number of benzene rings is 3. The highest BCUT2D eigenvalue weighted by Gasteiger charge is 2.26. The highest BCUT2D eigenvalue weighted by Crippen LogP contribution is 2.20. The maximum atomic E-state index is 13.0. The molecule has 1 saturated heterocycles. The van der Waals surface area contributed by atoms with Crippen LogP contribution in [-0.4, -0.2) is 87.5 Å². The van der Waals surface area contributed by atoms with Gasteiger partial charge in [-0.3, -0.25) is 28.3 Å². The Morgan fingerprint density at radius 2 is 1.52 bits per heavy atom. The second-order valence-electron chi connectivity index (χ2n) is 10.5. The number of nitrogens with zero attached hydrogens (tertiary/aromatic N) is 2. The third-order valence-corrected chi connectivity index (χ3v) is 8.71. The van der Waals surface area contributed by atoms with Crippen molar-refractivity contribution in [2.24, 2.45) is 0 Å². The van der Waals surface area contributed by atoms with Crippen LogP contribution in [0.25, 0.3) is 0 Å². The maximum absolute atomic E-state index is 13.0. The molecule has 2 aliphatic rings. The SMILES string of the molecule is Cc1ccc(S(=O)(=O)OCC(=O)Nc2ccc(C(=O)N3CCN(CCNC4=CC(=O)c5ccccc5C4=O)CC3)cc2)cc1. The Morgan fingerprint density at radius 1 is 0.864 bits per heavy atom. The van der Waals surface area contributed by atoms with E-state index >= 15 is 0 Å². The van der Waals surface area contributed by atoms with Gasteiger partial charge in [0.1, 0.15) is 6.61 Å². The average Bonchev–Trinajstić information content (AvgIpc) is 3.03. The molecule has 11 nitrogen and oxygen atoms in total. The summed E-state index contributed by atoms with van der Waals surface area (Å²) in [4.78, 5) is 54.3. The Labute approximate surface area is 255 Å². The van der Waals surface area contributed by atoms with E-state index in [4.69, 9.17) is 4.18 Å². The number of nitrogens with one attached hydrogen (secondary N) is 2. The Balaban J connectivity index is 1.04. The van der Waals surface area contributed by atoms with Gasteiger partial charge in [0.2, 0.25) is 5.78 Å². The van der Waals surface area contributed by atoms with Crippen molar-refractivity contribution in [2.45, 2.75) is 11.8 Å². The van der Waals surface area contributed by atoms with E-state index in [1.807, 2.05) is 6.92 Å². The van der Waals surface area contributed by atoms with Crippen molar-refractivity contribution in [3.8, 4) is 0 Å². The quantitative estimate of drug-likeness (QED) is 0.329. The Morgan fingerprint density at radius 3 is 2.20 bits per heavy atom. The highest BCUT2D eigenvalue weighted by molar-refractivity contribution is 7.86. The van der Waals surface area contributed by atoms with Gasteiger partial charge in [-0.2, -0.15) is 8.42 Å². The molecule has 44 heavy (non-hydrogen) atoms. The van der Waals surface area contributed by atoms with Gasteiger partial charge in [0.05, 0.1) is 10.6 Å². The van der Waals surface area contributed by atoms with Gasteiger partial charge < -0.3 is 15.5 Å². The summed E-state index contributed by atoms with van der Waals surface area (Å²) >= 11 is 0. The zero-order chi connectivity index (χ0) is 31.3. The zero-order valence-corrected chi connectivity index (χ0v) is 24.9. The molecule has 2 N–H and O–H groups in total. The fourth-order valence-corrected chi connectivity index (χ4v) is 5.82. The van der Waals surface area contributed by atoms with Crippen LogP contribution in [0.2, 0.25) is 0 Å². The molecule has 0 unspecified atom stereocenters. The summed E-state index contributed by atoms with van der Waals surface area (Å²) in [5, 5.41) is 5.66. The summed E-state index contributed by atoms with van der Waals surface area (Å²) in [5.74, 6) is -1.17. The largest absolute Gasteiger partial charge is 0.380 e. The number of fused-ring (bicyclic) bond motifs is 1. The molecule has 0 atom stereocenters. The lowest BCUT2D eigenvalue weighted by atomic mass is 9.93. The monoisotopic (exact) mass is 616 g/mol. The van der Waals surface area contributed by atoms with Crippen molar-refractivity contribution in [1.29, 1.82) is 0 Å². The molecule has 228 valence electrons. The van der Waals surface area contributed by atoms with Crippen LogP contribution in [0.1, 0.15) is 36.6 Å². The van der Waals surface area contributed by atoms with Crippen molar-refractivity contribution >= 4 is 39.2 Å². The number of piperazine rings is 1. The van der Waals surface area contributed by atoms with E-state index in [-0.39, 0.29) is 22.4 Å². The minimum absolute atomic E-state index is 0.0333. The standard InChI is InChI=1S/C32H32N4O7S/c1-22-6-12-25(13-7-22)44(41,42)43-21-30(38)34-24-10-8-23(9-11-24)32(40)36-18-16-35(17-19-36)15-14-33-28-20-29(37)26-4-2-3-5-27(26)31(28)39/h2-13,20,33H,14-19,21H2,1H3,(H,34,38). The molecule has 0 spiro atoms. The number of hydrogen-bond acceptors (Lipinski definition) is 9. The summed E-state index contributed by atoms with van der Waals surface area (Å²) in [5.41, 5.74) is 2.88. The fourth-order valence-electron chi connectivity index (χ4n) is 4.95. The Bertz CT molecular complexity index is 1710. The molecule has 1 aliphatic carbocycles. The first kappa shape index (κ1) is 30.8. The molecule has 1 fully saturated rings. The lowest BCUT2D eigenvalue weighted by molar-refractivity contribution is -0.118. The number of Topliss-reactive ketones (excluding diaryl/α,β-unsaturated/α-hetero) is 1. The van der Waals surface area contributed by atoms with E-state index in [0.717, 1.165) is 5.56 Å². The predicted molar refractivity (Wildman–Crippen MR) is 163 cm³/mol. The predicted octanol–water partition coefficient (Wildman–Crippen LogP) is 2.65. The first-order valence-corrected chi connectivity index (χ1v) is 15.5. The summed E-state index contributed by atoms with van der Waals surface area (Å²) in [7, 11) is -4.07. The molecular weight excluding hydrogens is 584 g/mol. The van der Waals surface area contributed by atoms with Crippen molar-refractivity contribution in [2.75, 3.05) is 51.2 Å². The molecule has 0 radical (unpaired) electrons. The molecular formula is C32H32N4O7S. The highest BCUT2D eigenvalue weighted by atomic mass is 32.2. The van der Waals surface area contributed by atoms with Crippen molar-refractivity contribution < 1.29 is 31.8 Å². The molecule has 1 aliphatic heterocycles. The number of ketones is 2. The van der Waals surface area contributed by atoms with E-state index in [2.05, 4.69) is 15.5 Å². The van der Waals surface area contributed by atoms with Crippen LogP contribution in [0.3, 0.4) is 0 Å². The van der Waals surface area contributed by atoms with Gasteiger partial charge in [0, 0.05) is 67.7 Å². The Kier molecular flexibility index (Phi) is 9.33. The molecule has 5 rings (SSSR count). The van der Waals surface area contributed by atoms with Gasteiger partial charge in [-0.15, -0.1) is 0 Å². The summed E-state index contributed by atoms with van der Waals surface area (Å²) in [6.45, 7) is 4.64. The van der Waals surface area contributed by atoms with Crippen LogP contribution >= 0.6 is 0 Å². The lowest BCUT2D eigenvalue weighted by Crippen LogP contribution is -2.50. The summed E-state index contributed by atoms with van der Waals surface area (Å²) < 4.78 is 29.5. The normalized spacial score (nSPS) is 15.4. The van der Waals surface area contributed by atoms with Crippen molar-refractivity contribution in [3.05, 3.63) is 107 Å². The first-order chi connectivity index (χ1) is 21.1. The van der Waals surface area contributed by atoms with Gasteiger partial charge >= 0.3 is 0 Å². The van der Waals surface area contributed by atoms with E-state index in [1.54, 1.807) is 65.6 Å². The third kappa shape index (κ3) is 7.28. The minimum Gasteiger partial charge on any atom is -0.380 e. The molecule has 1 heterocycles. The minimum atomic E-state index is -4.07. The summed E-state index contributed by atoms with van der Waals surface area (Å²) in [6, 6.07) is 19.2. The maximum Gasteiger partial charge on any atom is 0.297 e. The van der Waals surface area contributed by atoms with Gasteiger partial charge in [-0.05, 0) is 43.3 Å². The number of aryl methyl sites for hydroxylation is 1. The van der Waals surface area contributed by atoms with E-state index in [1.165, 1.54) is 18.2 Å². The van der Waals surface area contributed by atoms with Crippen LogP contribution in [0.15, 0.2) is 89.5 Å². The molecule has 0 aromatic heterocycles. The zero-order valence-electron chi connectivity index (χ0n) is 24.1. The van der Waals surface area contributed by atoms with E-state index in [9.17, 15) is 27.6 Å². The topological polar surface area (TPSA) is 142 Å². The number of carbonyl (C=O) groups excluding carboxylic acids is 4. The van der Waals surface area contributed by atoms with Crippen molar-refractivity contribution in [1.82, 2.24) is 15.1 Å². The van der Waals surface area contributed by atoms with Crippen LogP contribution < -0.4 is 10.6 Å². The number of allylic oxidation sites excluding steroid dienone is 2. The molecule has 0 bridgehead atoms. The van der Waals surface area contributed by atoms with E-state index < -0.39 is 22.6 Å². The number of hydrogen-bond donors (Lipinski definition) is 2. The van der Waals surface area contributed by atoms with Gasteiger partial charge in [0.25, 0.3) is 21.9 Å². The molecule has 3 aromatic rings. The number of rotatable bonds is 10. The van der Waals surface area contributed by atoms with Gasteiger partial charge in [-0.1, -0.05) is 42.0 Å². The van der Waals surface area contributed by atoms with E-state index in [0.29, 0.717) is 67.3 Å². The molecule has 2 amide bonds. The first-order valence-electron chi connectivity index (χ1n) is 14.1. The van der Waals surface area contributed by atoms with Crippen LogP contribution in [0.5, 0.6) is 0 Å². The smallest absolute Gasteiger partial charge is 0.297 e. The third-order valence-electron chi connectivity index (χ3n) is 7.43. The van der Waals surface area contributed by atoms with Gasteiger partial charge in [-0.25, -0.2) is 0 Å². The van der Waals surface area contributed by atoms with Crippen LogP contribution in [-0.2, 0) is 19.1 Å². The number of carbonyl (C=O) groups is 4. The fraction of sp³-hybridized carbons (Fsp3) is 0.250.